The van der Waals surface area contributed by atoms with Crippen molar-refractivity contribution in [2.75, 3.05) is 12.4 Å². The van der Waals surface area contributed by atoms with Crippen molar-refractivity contribution in [3.05, 3.63) is 75.2 Å². The third-order valence-corrected chi connectivity index (χ3v) is 7.41. The fourth-order valence-electron chi connectivity index (χ4n) is 4.57. The van der Waals surface area contributed by atoms with E-state index in [2.05, 4.69) is 21.3 Å². The maximum absolute atomic E-state index is 12.9. The summed E-state index contributed by atoms with van der Waals surface area (Å²) < 4.78 is 2.17. The van der Waals surface area contributed by atoms with Crippen LogP contribution in [0.4, 0.5) is 5.69 Å². The predicted molar refractivity (Wildman–Crippen MR) is 131 cm³/mol. The fraction of sp³-hybridized carbons (Fsp3) is 0.385. The number of nitrogens with zero attached hydrogens (tertiary/aromatic N) is 2. The molecule has 0 bridgehead atoms. The van der Waals surface area contributed by atoms with Gasteiger partial charge in [-0.1, -0.05) is 25.3 Å². The van der Waals surface area contributed by atoms with Gasteiger partial charge in [-0.25, -0.2) is 0 Å². The zero-order chi connectivity index (χ0) is 22.7. The lowest BCUT2D eigenvalue weighted by atomic mass is 9.94. The van der Waals surface area contributed by atoms with Gasteiger partial charge in [0.15, 0.2) is 0 Å². The molecule has 32 heavy (non-hydrogen) atoms. The number of rotatable bonds is 6. The third kappa shape index (κ3) is 4.80. The van der Waals surface area contributed by atoms with Crippen molar-refractivity contribution in [3.63, 3.8) is 0 Å². The summed E-state index contributed by atoms with van der Waals surface area (Å²) in [6.45, 7) is 4.78. The van der Waals surface area contributed by atoms with Crippen molar-refractivity contribution in [2.24, 2.45) is 0 Å². The highest BCUT2D eigenvalue weighted by Gasteiger charge is 2.23. The van der Waals surface area contributed by atoms with Crippen molar-refractivity contribution in [2.45, 2.75) is 58.5 Å². The van der Waals surface area contributed by atoms with E-state index in [0.29, 0.717) is 22.9 Å². The molecule has 0 spiro atoms. The molecule has 1 aliphatic carbocycles. The second-order valence-corrected chi connectivity index (χ2v) is 9.72. The molecule has 1 aliphatic rings. The molecule has 2 aromatic heterocycles. The number of carbonyl (C=O) groups excluding carboxylic acids is 2. The minimum Gasteiger partial charge on any atom is -0.343 e. The van der Waals surface area contributed by atoms with Gasteiger partial charge in [0.2, 0.25) is 0 Å². The standard InChI is InChI=1S/C26H31N3O2S/c1-18-16-24(19(2)29(18)17-23-10-7-15-32-23)25(30)27-21-13-11-20(12-14-21)26(31)28(3)22-8-5-4-6-9-22/h7,10-16,22H,4-6,8-9,17H2,1-3H3,(H,27,30). The first-order valence-electron chi connectivity index (χ1n) is 11.3. The highest BCUT2D eigenvalue weighted by atomic mass is 32.1. The number of hydrogen-bond donors (Lipinski definition) is 1. The number of anilines is 1. The van der Waals surface area contributed by atoms with Gasteiger partial charge in [0.25, 0.3) is 11.8 Å². The van der Waals surface area contributed by atoms with Crippen LogP contribution in [0.2, 0.25) is 0 Å². The van der Waals surface area contributed by atoms with Crippen molar-refractivity contribution in [3.8, 4) is 0 Å². The normalized spacial score (nSPS) is 14.3. The van der Waals surface area contributed by atoms with E-state index in [-0.39, 0.29) is 11.8 Å². The van der Waals surface area contributed by atoms with Crippen LogP contribution in [0.15, 0.2) is 47.8 Å². The molecule has 0 aliphatic heterocycles. The highest BCUT2D eigenvalue weighted by Crippen LogP contribution is 2.24. The number of benzene rings is 1. The lowest BCUT2D eigenvalue weighted by molar-refractivity contribution is 0.0696. The molecule has 2 amide bonds. The van der Waals surface area contributed by atoms with Gasteiger partial charge in [0, 0.05) is 40.6 Å². The molecule has 1 aromatic carbocycles. The SMILES string of the molecule is Cc1cc(C(=O)Nc2ccc(C(=O)N(C)C3CCCCC3)cc2)c(C)n1Cc1cccs1. The van der Waals surface area contributed by atoms with Gasteiger partial charge < -0.3 is 14.8 Å². The van der Waals surface area contributed by atoms with Gasteiger partial charge in [-0.3, -0.25) is 9.59 Å². The Labute approximate surface area is 194 Å². The number of amides is 2. The van der Waals surface area contributed by atoms with E-state index in [0.717, 1.165) is 30.8 Å². The Hall–Kier alpha value is -2.86. The number of carbonyl (C=O) groups is 2. The van der Waals surface area contributed by atoms with Crippen LogP contribution in [-0.4, -0.2) is 34.4 Å². The summed E-state index contributed by atoms with van der Waals surface area (Å²) >= 11 is 1.72. The smallest absolute Gasteiger partial charge is 0.257 e. The highest BCUT2D eigenvalue weighted by molar-refractivity contribution is 7.09. The van der Waals surface area contributed by atoms with E-state index < -0.39 is 0 Å². The quantitative estimate of drug-likeness (QED) is 0.511. The van der Waals surface area contributed by atoms with Crippen molar-refractivity contribution < 1.29 is 9.59 Å². The minimum absolute atomic E-state index is 0.0481. The number of aryl methyl sites for hydroxylation is 1. The molecule has 1 N–H and O–H groups in total. The molecule has 1 fully saturated rings. The van der Waals surface area contributed by atoms with Crippen LogP contribution in [-0.2, 0) is 6.54 Å². The van der Waals surface area contributed by atoms with E-state index in [4.69, 9.17) is 0 Å². The summed E-state index contributed by atoms with van der Waals surface area (Å²) in [6.07, 6.45) is 5.83. The van der Waals surface area contributed by atoms with Crippen LogP contribution in [0.5, 0.6) is 0 Å². The first kappa shape index (κ1) is 22.3. The van der Waals surface area contributed by atoms with Gasteiger partial charge in [0.05, 0.1) is 12.1 Å². The van der Waals surface area contributed by atoms with Gasteiger partial charge in [0.1, 0.15) is 0 Å². The molecule has 5 nitrogen and oxygen atoms in total. The Balaban J connectivity index is 1.42. The average molecular weight is 450 g/mol. The van der Waals surface area contributed by atoms with Crippen molar-refractivity contribution >= 4 is 28.8 Å². The molecular weight excluding hydrogens is 418 g/mol. The first-order chi connectivity index (χ1) is 15.4. The van der Waals surface area contributed by atoms with Crippen LogP contribution >= 0.6 is 11.3 Å². The average Bonchev–Trinajstić information content (AvgIpc) is 3.43. The summed E-state index contributed by atoms with van der Waals surface area (Å²) in [7, 11) is 1.90. The summed E-state index contributed by atoms with van der Waals surface area (Å²) in [5.74, 6) is -0.0826. The summed E-state index contributed by atoms with van der Waals surface area (Å²) in [5.41, 5.74) is 4.04. The Morgan fingerprint density at radius 2 is 1.81 bits per heavy atom. The molecular formula is C26H31N3O2S. The fourth-order valence-corrected chi connectivity index (χ4v) is 5.26. The molecule has 168 valence electrons. The van der Waals surface area contributed by atoms with E-state index in [1.165, 1.54) is 24.1 Å². The zero-order valence-electron chi connectivity index (χ0n) is 19.1. The predicted octanol–water partition coefficient (Wildman–Crippen LogP) is 5.87. The molecule has 0 atom stereocenters. The number of hydrogen-bond acceptors (Lipinski definition) is 3. The summed E-state index contributed by atoms with van der Waals surface area (Å²) in [6, 6.07) is 13.7. The molecule has 1 saturated carbocycles. The Kier molecular flexibility index (Phi) is 6.80. The van der Waals surface area contributed by atoms with Crippen LogP contribution in [0.25, 0.3) is 0 Å². The first-order valence-corrected chi connectivity index (χ1v) is 12.2. The van der Waals surface area contributed by atoms with Crippen molar-refractivity contribution in [1.29, 1.82) is 0 Å². The molecule has 2 heterocycles. The second kappa shape index (κ2) is 9.74. The Morgan fingerprint density at radius 3 is 2.47 bits per heavy atom. The maximum Gasteiger partial charge on any atom is 0.257 e. The molecule has 6 heteroatoms. The zero-order valence-corrected chi connectivity index (χ0v) is 19.9. The van der Waals surface area contributed by atoms with Gasteiger partial charge in [-0.2, -0.15) is 0 Å². The lowest BCUT2D eigenvalue weighted by Crippen LogP contribution is -2.38. The lowest BCUT2D eigenvalue weighted by Gasteiger charge is -2.31. The van der Waals surface area contributed by atoms with Gasteiger partial charge in [-0.15, -0.1) is 11.3 Å². The van der Waals surface area contributed by atoms with E-state index >= 15 is 0 Å². The Morgan fingerprint density at radius 1 is 1.09 bits per heavy atom. The monoisotopic (exact) mass is 449 g/mol. The van der Waals surface area contributed by atoms with E-state index in [1.807, 2.05) is 50.1 Å². The van der Waals surface area contributed by atoms with E-state index in [1.54, 1.807) is 23.5 Å². The van der Waals surface area contributed by atoms with Crippen LogP contribution in [0.3, 0.4) is 0 Å². The van der Waals surface area contributed by atoms with Crippen molar-refractivity contribution in [1.82, 2.24) is 9.47 Å². The Bertz CT molecular complexity index is 1080. The van der Waals surface area contributed by atoms with Crippen LogP contribution in [0.1, 0.15) is 69.1 Å². The molecule has 0 saturated heterocycles. The number of thiophene rings is 1. The summed E-state index contributed by atoms with van der Waals surface area (Å²) in [4.78, 5) is 28.9. The topological polar surface area (TPSA) is 54.3 Å². The largest absolute Gasteiger partial charge is 0.343 e. The minimum atomic E-state index is -0.131. The maximum atomic E-state index is 12.9. The second-order valence-electron chi connectivity index (χ2n) is 8.69. The van der Waals surface area contributed by atoms with Gasteiger partial charge in [-0.05, 0) is 68.5 Å². The number of aromatic nitrogens is 1. The third-order valence-electron chi connectivity index (χ3n) is 6.54. The van der Waals surface area contributed by atoms with Crippen LogP contribution in [0, 0.1) is 13.8 Å². The molecule has 3 aromatic rings. The molecule has 4 rings (SSSR count). The molecule has 0 radical (unpaired) electrons. The van der Waals surface area contributed by atoms with Crippen LogP contribution < -0.4 is 5.32 Å². The number of nitrogens with one attached hydrogen (secondary N) is 1. The van der Waals surface area contributed by atoms with Gasteiger partial charge >= 0.3 is 0 Å². The summed E-state index contributed by atoms with van der Waals surface area (Å²) in [5, 5.41) is 5.05. The molecule has 0 unspecified atom stereocenters. The van der Waals surface area contributed by atoms with E-state index in [9.17, 15) is 9.59 Å².